The molecule has 1 atom stereocenters. The van der Waals surface area contributed by atoms with Crippen LogP contribution >= 0.6 is 0 Å². The summed E-state index contributed by atoms with van der Waals surface area (Å²) < 4.78 is 18.8. The van der Waals surface area contributed by atoms with Crippen molar-refractivity contribution in [3.8, 4) is 0 Å². The Labute approximate surface area is 118 Å². The van der Waals surface area contributed by atoms with Gasteiger partial charge in [0.15, 0.2) is 0 Å². The second-order valence-corrected chi connectivity index (χ2v) is 5.07. The summed E-state index contributed by atoms with van der Waals surface area (Å²) >= 11 is 0. The third-order valence-electron chi connectivity index (χ3n) is 3.45. The fourth-order valence-corrected chi connectivity index (χ4v) is 2.19. The molecule has 1 aromatic carbocycles. The van der Waals surface area contributed by atoms with Crippen LogP contribution in [-0.4, -0.2) is 23.6 Å². The van der Waals surface area contributed by atoms with E-state index in [0.29, 0.717) is 18.5 Å². The molecule has 0 saturated heterocycles. The number of aryl methyl sites for hydroxylation is 1. The van der Waals surface area contributed by atoms with E-state index in [1.807, 2.05) is 20.0 Å². The highest BCUT2D eigenvalue weighted by Crippen LogP contribution is 2.20. The molecular weight excluding hydrogens is 257 g/mol. The van der Waals surface area contributed by atoms with Gasteiger partial charge in [-0.15, -0.1) is 0 Å². The Kier molecular flexibility index (Phi) is 4.93. The molecule has 0 aliphatic carbocycles. The molecule has 0 radical (unpaired) electrons. The Morgan fingerprint density at radius 3 is 2.70 bits per heavy atom. The van der Waals surface area contributed by atoms with Crippen LogP contribution in [0, 0.1) is 12.7 Å². The summed E-state index contributed by atoms with van der Waals surface area (Å²) in [6, 6.07) is 8.30. The van der Waals surface area contributed by atoms with Crippen molar-refractivity contribution in [2.75, 3.05) is 13.6 Å². The first-order chi connectivity index (χ1) is 9.58. The van der Waals surface area contributed by atoms with E-state index < -0.39 is 6.10 Å². The highest BCUT2D eigenvalue weighted by Gasteiger charge is 2.13. The molecule has 0 amide bonds. The van der Waals surface area contributed by atoms with Crippen LogP contribution in [0.4, 0.5) is 4.39 Å². The molecule has 1 aromatic heterocycles. The molecule has 0 aliphatic heterocycles. The summed E-state index contributed by atoms with van der Waals surface area (Å²) in [6.07, 6.45) is 1.39. The number of rotatable bonds is 6. The summed E-state index contributed by atoms with van der Waals surface area (Å²) in [6.45, 7) is 3.36. The largest absolute Gasteiger partial charge is 0.469 e. The van der Waals surface area contributed by atoms with Crippen LogP contribution in [0.2, 0.25) is 0 Å². The summed E-state index contributed by atoms with van der Waals surface area (Å²) in [7, 11) is 1.97. The first-order valence-corrected chi connectivity index (χ1v) is 6.72. The monoisotopic (exact) mass is 277 g/mol. The van der Waals surface area contributed by atoms with Crippen molar-refractivity contribution >= 4 is 0 Å². The molecule has 1 unspecified atom stereocenters. The number of hydrogen-bond donors (Lipinski definition) is 1. The molecule has 2 aromatic rings. The zero-order valence-corrected chi connectivity index (χ0v) is 11.8. The minimum absolute atomic E-state index is 0.353. The Bertz CT molecular complexity index is 553. The van der Waals surface area contributed by atoms with Crippen LogP contribution < -0.4 is 0 Å². The molecule has 0 bridgehead atoms. The summed E-state index contributed by atoms with van der Waals surface area (Å²) in [5, 5.41) is 10.0. The molecule has 20 heavy (non-hydrogen) atoms. The van der Waals surface area contributed by atoms with E-state index in [9.17, 15) is 9.50 Å². The lowest BCUT2D eigenvalue weighted by atomic mass is 10.1. The van der Waals surface area contributed by atoms with Gasteiger partial charge in [0.05, 0.1) is 12.4 Å². The molecule has 0 spiro atoms. The van der Waals surface area contributed by atoms with E-state index in [-0.39, 0.29) is 5.82 Å². The number of aliphatic hydroxyl groups excluding tert-OH is 1. The lowest BCUT2D eigenvalue weighted by molar-refractivity contribution is 0.143. The molecule has 0 aliphatic rings. The third kappa shape index (κ3) is 3.68. The SMILES string of the molecule is Cc1occc1CN(C)CCC(O)c1ccccc1F. The Balaban J connectivity index is 1.86. The molecule has 0 saturated carbocycles. The highest BCUT2D eigenvalue weighted by molar-refractivity contribution is 5.19. The fourth-order valence-electron chi connectivity index (χ4n) is 2.19. The zero-order valence-electron chi connectivity index (χ0n) is 11.8. The van der Waals surface area contributed by atoms with Gasteiger partial charge in [-0.3, -0.25) is 0 Å². The number of furan rings is 1. The van der Waals surface area contributed by atoms with Gasteiger partial charge in [-0.05, 0) is 32.5 Å². The van der Waals surface area contributed by atoms with E-state index in [4.69, 9.17) is 4.42 Å². The maximum Gasteiger partial charge on any atom is 0.128 e. The van der Waals surface area contributed by atoms with Crippen molar-refractivity contribution in [2.24, 2.45) is 0 Å². The fraction of sp³-hybridized carbons (Fsp3) is 0.375. The molecular formula is C16H20FNO2. The Morgan fingerprint density at radius 1 is 1.30 bits per heavy atom. The maximum absolute atomic E-state index is 13.5. The van der Waals surface area contributed by atoms with Gasteiger partial charge < -0.3 is 14.4 Å². The van der Waals surface area contributed by atoms with Crippen LogP contribution in [0.15, 0.2) is 41.0 Å². The summed E-state index contributed by atoms with van der Waals surface area (Å²) in [4.78, 5) is 2.09. The first-order valence-electron chi connectivity index (χ1n) is 6.72. The van der Waals surface area contributed by atoms with Crippen molar-refractivity contribution in [1.82, 2.24) is 4.90 Å². The second-order valence-electron chi connectivity index (χ2n) is 5.07. The van der Waals surface area contributed by atoms with Gasteiger partial charge >= 0.3 is 0 Å². The smallest absolute Gasteiger partial charge is 0.128 e. The summed E-state index contributed by atoms with van der Waals surface area (Å²) in [5.41, 5.74) is 1.49. The Morgan fingerprint density at radius 2 is 2.05 bits per heavy atom. The van der Waals surface area contributed by atoms with Crippen LogP contribution in [0.5, 0.6) is 0 Å². The number of benzene rings is 1. The van der Waals surface area contributed by atoms with E-state index in [1.54, 1.807) is 24.5 Å². The van der Waals surface area contributed by atoms with Crippen molar-refractivity contribution in [3.63, 3.8) is 0 Å². The van der Waals surface area contributed by atoms with E-state index >= 15 is 0 Å². The van der Waals surface area contributed by atoms with Crippen LogP contribution in [-0.2, 0) is 6.54 Å². The van der Waals surface area contributed by atoms with E-state index in [0.717, 1.165) is 17.9 Å². The highest BCUT2D eigenvalue weighted by atomic mass is 19.1. The number of nitrogens with zero attached hydrogens (tertiary/aromatic N) is 1. The lowest BCUT2D eigenvalue weighted by Gasteiger charge is -2.19. The topological polar surface area (TPSA) is 36.6 Å². The van der Waals surface area contributed by atoms with E-state index in [1.165, 1.54) is 6.07 Å². The van der Waals surface area contributed by atoms with Gasteiger partial charge in [0.1, 0.15) is 11.6 Å². The van der Waals surface area contributed by atoms with Gasteiger partial charge in [-0.25, -0.2) is 4.39 Å². The summed E-state index contributed by atoms with van der Waals surface area (Å²) in [5.74, 6) is 0.555. The maximum atomic E-state index is 13.5. The van der Waals surface area contributed by atoms with Crippen molar-refractivity contribution in [2.45, 2.75) is 26.0 Å². The predicted molar refractivity (Wildman–Crippen MR) is 75.8 cm³/mol. The van der Waals surface area contributed by atoms with Gasteiger partial charge in [0.2, 0.25) is 0 Å². The standard InChI is InChI=1S/C16H20FNO2/c1-12-13(8-10-20-12)11-18(2)9-7-16(19)14-5-3-4-6-15(14)17/h3-6,8,10,16,19H,7,9,11H2,1-2H3. The van der Waals surface area contributed by atoms with Gasteiger partial charge in [-0.2, -0.15) is 0 Å². The Hall–Kier alpha value is -1.65. The number of halogens is 1. The van der Waals surface area contributed by atoms with Crippen LogP contribution in [0.3, 0.4) is 0 Å². The average molecular weight is 277 g/mol. The molecule has 1 N–H and O–H groups in total. The minimum atomic E-state index is -0.774. The number of aliphatic hydroxyl groups is 1. The lowest BCUT2D eigenvalue weighted by Crippen LogP contribution is -2.21. The van der Waals surface area contributed by atoms with Crippen molar-refractivity contribution in [1.29, 1.82) is 0 Å². The average Bonchev–Trinajstić information content (AvgIpc) is 2.82. The number of hydrogen-bond acceptors (Lipinski definition) is 3. The predicted octanol–water partition coefficient (Wildman–Crippen LogP) is 3.28. The van der Waals surface area contributed by atoms with Crippen molar-refractivity contribution < 1.29 is 13.9 Å². The zero-order chi connectivity index (χ0) is 14.5. The molecule has 0 fully saturated rings. The van der Waals surface area contributed by atoms with E-state index in [2.05, 4.69) is 4.90 Å². The molecule has 2 rings (SSSR count). The molecule has 3 nitrogen and oxygen atoms in total. The van der Waals surface area contributed by atoms with Gasteiger partial charge in [0, 0.05) is 24.2 Å². The quantitative estimate of drug-likeness (QED) is 0.880. The van der Waals surface area contributed by atoms with Gasteiger partial charge in [0.25, 0.3) is 0 Å². The van der Waals surface area contributed by atoms with Crippen LogP contribution in [0.1, 0.15) is 29.4 Å². The van der Waals surface area contributed by atoms with Crippen LogP contribution in [0.25, 0.3) is 0 Å². The second kappa shape index (κ2) is 6.68. The third-order valence-corrected chi connectivity index (χ3v) is 3.45. The molecule has 1 heterocycles. The minimum Gasteiger partial charge on any atom is -0.469 e. The molecule has 4 heteroatoms. The van der Waals surface area contributed by atoms with Gasteiger partial charge in [-0.1, -0.05) is 18.2 Å². The first kappa shape index (κ1) is 14.8. The molecule has 108 valence electrons. The normalized spacial score (nSPS) is 12.8. The van der Waals surface area contributed by atoms with Crippen molar-refractivity contribution in [3.05, 3.63) is 59.3 Å².